The van der Waals surface area contributed by atoms with E-state index in [4.69, 9.17) is 5.73 Å². The molecule has 2 atom stereocenters. The molecule has 0 bridgehead atoms. The van der Waals surface area contributed by atoms with Crippen molar-refractivity contribution in [2.75, 3.05) is 17.6 Å². The smallest absolute Gasteiger partial charge is 0.247 e. The number of benzene rings is 2. The lowest BCUT2D eigenvalue weighted by molar-refractivity contribution is -0.137. The molecule has 2 aromatic carbocycles. The number of nitrogen functional groups attached to an aromatic ring is 1. The topological polar surface area (TPSA) is 75.4 Å². The van der Waals surface area contributed by atoms with E-state index in [0.717, 1.165) is 18.4 Å². The summed E-state index contributed by atoms with van der Waals surface area (Å²) in [4.78, 5) is 27.7. The quantitative estimate of drug-likeness (QED) is 0.722. The number of anilines is 2. The van der Waals surface area contributed by atoms with Crippen molar-refractivity contribution in [1.29, 1.82) is 0 Å². The Morgan fingerprint density at radius 2 is 1.79 bits per heavy atom. The summed E-state index contributed by atoms with van der Waals surface area (Å²) >= 11 is 0. The van der Waals surface area contributed by atoms with Crippen molar-refractivity contribution in [2.24, 2.45) is 5.92 Å². The number of hydrogen-bond donors (Lipinski definition) is 2. The average Bonchev–Trinajstić information content (AvgIpc) is 3.19. The van der Waals surface area contributed by atoms with E-state index in [2.05, 4.69) is 31.3 Å². The van der Waals surface area contributed by atoms with Crippen LogP contribution in [0, 0.1) is 5.92 Å². The molecule has 29 heavy (non-hydrogen) atoms. The van der Waals surface area contributed by atoms with E-state index in [9.17, 15) is 9.59 Å². The summed E-state index contributed by atoms with van der Waals surface area (Å²) in [6.45, 7) is 6.92. The van der Waals surface area contributed by atoms with E-state index >= 15 is 0 Å². The Morgan fingerprint density at radius 3 is 2.45 bits per heavy atom. The zero-order valence-corrected chi connectivity index (χ0v) is 17.5. The molecular formula is C24H31N3O2. The fraction of sp³-hybridized carbons (Fsp3) is 0.417. The Kier molecular flexibility index (Phi) is 6.57. The standard InChI is InChI=1S/C24H31N3O2/c1-16(2)15-18-10-12-19(13-11-18)17(3)24(29)27-14-6-9-22(27)23(28)26-21-8-5-4-7-20(21)25/h4-5,7-8,10-13,16-17,22H,6,9,14-15,25H2,1-3H3,(H,26,28). The lowest BCUT2D eigenvalue weighted by Gasteiger charge is -2.27. The maximum absolute atomic E-state index is 13.2. The van der Waals surface area contributed by atoms with Crippen LogP contribution in [0.25, 0.3) is 0 Å². The summed E-state index contributed by atoms with van der Waals surface area (Å²) in [5, 5.41) is 2.88. The van der Waals surface area contributed by atoms with Crippen molar-refractivity contribution >= 4 is 23.2 Å². The predicted octanol–water partition coefficient (Wildman–Crippen LogP) is 4.20. The first-order valence-corrected chi connectivity index (χ1v) is 10.4. The van der Waals surface area contributed by atoms with Gasteiger partial charge in [-0.2, -0.15) is 0 Å². The molecular weight excluding hydrogens is 362 g/mol. The van der Waals surface area contributed by atoms with Gasteiger partial charge in [0.1, 0.15) is 6.04 Å². The molecule has 0 saturated carbocycles. The van der Waals surface area contributed by atoms with Crippen LogP contribution in [-0.4, -0.2) is 29.3 Å². The van der Waals surface area contributed by atoms with Gasteiger partial charge in [0, 0.05) is 6.54 Å². The van der Waals surface area contributed by atoms with Crippen molar-refractivity contribution in [1.82, 2.24) is 4.90 Å². The van der Waals surface area contributed by atoms with Crippen LogP contribution in [0.3, 0.4) is 0 Å². The fourth-order valence-electron chi connectivity index (χ4n) is 3.94. The van der Waals surface area contributed by atoms with E-state index in [1.54, 1.807) is 17.0 Å². The summed E-state index contributed by atoms with van der Waals surface area (Å²) in [7, 11) is 0. The molecule has 3 N–H and O–H groups in total. The number of para-hydroxylation sites is 2. The zero-order valence-electron chi connectivity index (χ0n) is 17.5. The van der Waals surface area contributed by atoms with Crippen molar-refractivity contribution in [3.05, 3.63) is 59.7 Å². The number of carbonyl (C=O) groups is 2. The fourth-order valence-corrected chi connectivity index (χ4v) is 3.94. The van der Waals surface area contributed by atoms with Gasteiger partial charge in [0.05, 0.1) is 17.3 Å². The molecule has 154 valence electrons. The van der Waals surface area contributed by atoms with E-state index in [0.29, 0.717) is 30.3 Å². The van der Waals surface area contributed by atoms with Crippen molar-refractivity contribution in [2.45, 2.75) is 52.0 Å². The summed E-state index contributed by atoms with van der Waals surface area (Å²) < 4.78 is 0. The van der Waals surface area contributed by atoms with Gasteiger partial charge in [-0.3, -0.25) is 9.59 Å². The highest BCUT2D eigenvalue weighted by Gasteiger charge is 2.36. The van der Waals surface area contributed by atoms with E-state index in [1.165, 1.54) is 5.56 Å². The Bertz CT molecular complexity index is 861. The van der Waals surface area contributed by atoms with E-state index in [-0.39, 0.29) is 17.7 Å². The van der Waals surface area contributed by atoms with Crippen LogP contribution in [0.5, 0.6) is 0 Å². The minimum absolute atomic E-state index is 0.000271. The first-order valence-electron chi connectivity index (χ1n) is 10.4. The van der Waals surface area contributed by atoms with Gasteiger partial charge in [0.15, 0.2) is 0 Å². The number of nitrogens with two attached hydrogens (primary N) is 1. The van der Waals surface area contributed by atoms with Gasteiger partial charge in [0.25, 0.3) is 0 Å². The summed E-state index contributed by atoms with van der Waals surface area (Å²) in [6.07, 6.45) is 2.53. The number of hydrogen-bond acceptors (Lipinski definition) is 3. The Balaban J connectivity index is 1.68. The maximum atomic E-state index is 13.2. The second-order valence-electron chi connectivity index (χ2n) is 8.33. The van der Waals surface area contributed by atoms with Gasteiger partial charge in [-0.15, -0.1) is 0 Å². The molecule has 1 aliphatic rings. The van der Waals surface area contributed by atoms with Gasteiger partial charge in [-0.05, 0) is 55.4 Å². The SMILES string of the molecule is CC(C)Cc1ccc(C(C)C(=O)N2CCCC2C(=O)Nc2ccccc2N)cc1. The molecule has 1 saturated heterocycles. The van der Waals surface area contributed by atoms with Crippen molar-refractivity contribution in [3.63, 3.8) is 0 Å². The van der Waals surface area contributed by atoms with Gasteiger partial charge in [0.2, 0.25) is 11.8 Å². The third-order valence-electron chi connectivity index (χ3n) is 5.55. The number of likely N-dealkylation sites (tertiary alicyclic amines) is 1. The average molecular weight is 394 g/mol. The van der Waals surface area contributed by atoms with Crippen LogP contribution < -0.4 is 11.1 Å². The van der Waals surface area contributed by atoms with Crippen LogP contribution >= 0.6 is 0 Å². The monoisotopic (exact) mass is 393 g/mol. The summed E-state index contributed by atoms with van der Waals surface area (Å²) in [5.41, 5.74) is 9.31. The Hall–Kier alpha value is -2.82. The number of rotatable bonds is 6. The molecule has 2 unspecified atom stereocenters. The van der Waals surface area contributed by atoms with Crippen molar-refractivity contribution < 1.29 is 9.59 Å². The van der Waals surface area contributed by atoms with Crippen LogP contribution in [0.15, 0.2) is 48.5 Å². The number of carbonyl (C=O) groups excluding carboxylic acids is 2. The molecule has 0 aliphatic carbocycles. The minimum atomic E-state index is -0.454. The Labute approximate surface area is 173 Å². The van der Waals surface area contributed by atoms with Crippen LogP contribution in [0.1, 0.15) is 50.7 Å². The highest BCUT2D eigenvalue weighted by Crippen LogP contribution is 2.27. The van der Waals surface area contributed by atoms with Crippen LogP contribution in [-0.2, 0) is 16.0 Å². The summed E-state index contributed by atoms with van der Waals surface area (Å²) in [5.74, 6) is 0.147. The highest BCUT2D eigenvalue weighted by molar-refractivity contribution is 6.00. The van der Waals surface area contributed by atoms with Gasteiger partial charge in [-0.1, -0.05) is 50.2 Å². The van der Waals surface area contributed by atoms with Gasteiger partial charge >= 0.3 is 0 Å². The third-order valence-corrected chi connectivity index (χ3v) is 5.55. The molecule has 2 amide bonds. The number of nitrogens with one attached hydrogen (secondary N) is 1. The predicted molar refractivity (Wildman–Crippen MR) is 118 cm³/mol. The second kappa shape index (κ2) is 9.12. The number of amides is 2. The molecule has 1 aliphatic heterocycles. The zero-order chi connectivity index (χ0) is 21.0. The molecule has 5 nitrogen and oxygen atoms in total. The molecule has 5 heteroatoms. The maximum Gasteiger partial charge on any atom is 0.247 e. The first kappa shape index (κ1) is 20.9. The molecule has 3 rings (SSSR count). The minimum Gasteiger partial charge on any atom is -0.397 e. The summed E-state index contributed by atoms with van der Waals surface area (Å²) in [6, 6.07) is 15.0. The van der Waals surface area contributed by atoms with Gasteiger partial charge < -0.3 is 16.0 Å². The second-order valence-corrected chi connectivity index (χ2v) is 8.33. The van der Waals surface area contributed by atoms with Crippen LogP contribution in [0.4, 0.5) is 11.4 Å². The number of nitrogens with zero attached hydrogens (tertiary/aromatic N) is 1. The first-order chi connectivity index (χ1) is 13.9. The lowest BCUT2D eigenvalue weighted by Crippen LogP contribution is -2.44. The molecule has 0 radical (unpaired) electrons. The normalized spacial score (nSPS) is 17.4. The third kappa shape index (κ3) is 4.97. The van der Waals surface area contributed by atoms with E-state index in [1.807, 2.05) is 31.2 Å². The molecule has 0 aromatic heterocycles. The molecule has 0 spiro atoms. The molecule has 1 fully saturated rings. The largest absolute Gasteiger partial charge is 0.397 e. The van der Waals surface area contributed by atoms with E-state index < -0.39 is 6.04 Å². The van der Waals surface area contributed by atoms with Gasteiger partial charge in [-0.25, -0.2) is 0 Å². The van der Waals surface area contributed by atoms with Crippen molar-refractivity contribution in [3.8, 4) is 0 Å². The van der Waals surface area contributed by atoms with Crippen LogP contribution in [0.2, 0.25) is 0 Å². The highest BCUT2D eigenvalue weighted by atomic mass is 16.2. The lowest BCUT2D eigenvalue weighted by atomic mass is 9.95. The molecule has 1 heterocycles. The molecule has 2 aromatic rings. The Morgan fingerprint density at radius 1 is 1.10 bits per heavy atom.